The summed E-state index contributed by atoms with van der Waals surface area (Å²) in [4.78, 5) is 10.9. The quantitative estimate of drug-likeness (QED) is 0.694. The molecule has 0 bridgehead atoms. The van der Waals surface area contributed by atoms with E-state index in [0.29, 0.717) is 17.3 Å². The number of hydrogen-bond donors (Lipinski definition) is 3. The Hall–Kier alpha value is -1.55. The first-order chi connectivity index (χ1) is 7.27. The van der Waals surface area contributed by atoms with E-state index in [0.717, 1.165) is 19.5 Å². The Balaban J connectivity index is 2.15. The van der Waals surface area contributed by atoms with Gasteiger partial charge in [0, 0.05) is 18.3 Å². The number of carboxylic acid groups (broad SMARTS) is 1. The van der Waals surface area contributed by atoms with Gasteiger partial charge in [0.2, 0.25) is 0 Å². The summed E-state index contributed by atoms with van der Waals surface area (Å²) in [5.74, 6) is -0.885. The second-order valence-electron chi connectivity index (χ2n) is 3.68. The van der Waals surface area contributed by atoms with Crippen molar-refractivity contribution in [1.82, 2.24) is 5.32 Å². The highest BCUT2D eigenvalue weighted by Gasteiger charge is 2.16. The summed E-state index contributed by atoms with van der Waals surface area (Å²) in [5, 5.41) is 15.5. The van der Waals surface area contributed by atoms with Crippen molar-refractivity contribution in [2.24, 2.45) is 0 Å². The maximum atomic E-state index is 10.9. The molecule has 3 N–H and O–H groups in total. The van der Waals surface area contributed by atoms with Crippen molar-refractivity contribution in [3.05, 3.63) is 29.8 Å². The van der Waals surface area contributed by atoms with Gasteiger partial charge in [0.15, 0.2) is 0 Å². The van der Waals surface area contributed by atoms with Crippen LogP contribution >= 0.6 is 0 Å². The molecule has 1 aliphatic rings. The van der Waals surface area contributed by atoms with Crippen LogP contribution in [0.3, 0.4) is 0 Å². The van der Waals surface area contributed by atoms with Gasteiger partial charge < -0.3 is 15.7 Å². The largest absolute Gasteiger partial charge is 0.478 e. The molecule has 0 aromatic heterocycles. The molecule has 1 aromatic rings. The maximum absolute atomic E-state index is 10.9. The van der Waals surface area contributed by atoms with Crippen LogP contribution in [-0.4, -0.2) is 30.2 Å². The van der Waals surface area contributed by atoms with E-state index in [1.807, 2.05) is 12.1 Å². The summed E-state index contributed by atoms with van der Waals surface area (Å²) in [6.45, 7) is 1.89. The Morgan fingerprint density at radius 3 is 2.93 bits per heavy atom. The first-order valence-electron chi connectivity index (χ1n) is 5.07. The van der Waals surface area contributed by atoms with Gasteiger partial charge in [0.05, 0.1) is 5.56 Å². The lowest BCUT2D eigenvalue weighted by Crippen LogP contribution is -2.23. The van der Waals surface area contributed by atoms with Gasteiger partial charge in [-0.2, -0.15) is 0 Å². The average molecular weight is 206 g/mol. The van der Waals surface area contributed by atoms with E-state index >= 15 is 0 Å². The van der Waals surface area contributed by atoms with Crippen molar-refractivity contribution in [2.75, 3.05) is 18.4 Å². The van der Waals surface area contributed by atoms with Crippen molar-refractivity contribution < 1.29 is 9.90 Å². The maximum Gasteiger partial charge on any atom is 0.337 e. The summed E-state index contributed by atoms with van der Waals surface area (Å²) in [7, 11) is 0. The minimum atomic E-state index is -0.885. The highest BCUT2D eigenvalue weighted by Crippen LogP contribution is 2.17. The van der Waals surface area contributed by atoms with Crippen LogP contribution in [0.2, 0.25) is 0 Å². The second kappa shape index (κ2) is 4.31. The Labute approximate surface area is 88.3 Å². The molecule has 0 radical (unpaired) electrons. The molecule has 0 amide bonds. The predicted molar refractivity (Wildman–Crippen MR) is 58.3 cm³/mol. The van der Waals surface area contributed by atoms with Gasteiger partial charge in [-0.1, -0.05) is 12.1 Å². The van der Waals surface area contributed by atoms with Crippen LogP contribution in [0.5, 0.6) is 0 Å². The fourth-order valence-electron chi connectivity index (χ4n) is 1.79. The van der Waals surface area contributed by atoms with E-state index in [1.165, 1.54) is 0 Å². The van der Waals surface area contributed by atoms with Crippen LogP contribution in [0.25, 0.3) is 0 Å². The van der Waals surface area contributed by atoms with Gasteiger partial charge in [-0.15, -0.1) is 0 Å². The van der Waals surface area contributed by atoms with Crippen LogP contribution in [0.1, 0.15) is 16.8 Å². The molecule has 80 valence electrons. The average Bonchev–Trinajstić information content (AvgIpc) is 2.71. The lowest BCUT2D eigenvalue weighted by atomic mass is 10.1. The number of benzene rings is 1. The third kappa shape index (κ3) is 2.27. The van der Waals surface area contributed by atoms with Gasteiger partial charge in [-0.25, -0.2) is 4.79 Å². The summed E-state index contributed by atoms with van der Waals surface area (Å²) >= 11 is 0. The number of para-hydroxylation sites is 1. The number of carbonyl (C=O) groups is 1. The standard InChI is InChI=1S/C11H14N2O2/c14-11(15)9-3-1-2-4-10(9)13-8-5-6-12-7-8/h1-4,8,12-13H,5-7H2,(H,14,15). The molecular formula is C11H14N2O2. The molecule has 1 fully saturated rings. The molecule has 1 atom stereocenters. The molecule has 15 heavy (non-hydrogen) atoms. The van der Waals surface area contributed by atoms with E-state index in [1.54, 1.807) is 12.1 Å². The number of nitrogens with one attached hydrogen (secondary N) is 2. The Morgan fingerprint density at radius 1 is 1.47 bits per heavy atom. The minimum absolute atomic E-state index is 0.337. The van der Waals surface area contributed by atoms with Gasteiger partial charge >= 0.3 is 5.97 Å². The van der Waals surface area contributed by atoms with Crippen molar-refractivity contribution >= 4 is 11.7 Å². The number of hydrogen-bond acceptors (Lipinski definition) is 3. The van der Waals surface area contributed by atoms with E-state index in [2.05, 4.69) is 10.6 Å². The number of aromatic carboxylic acids is 1. The van der Waals surface area contributed by atoms with Crippen LogP contribution < -0.4 is 10.6 Å². The second-order valence-corrected chi connectivity index (χ2v) is 3.68. The minimum Gasteiger partial charge on any atom is -0.478 e. The Morgan fingerprint density at radius 2 is 2.27 bits per heavy atom. The normalized spacial score (nSPS) is 20.1. The van der Waals surface area contributed by atoms with Gasteiger partial charge in [-0.3, -0.25) is 0 Å². The van der Waals surface area contributed by atoms with Crippen molar-refractivity contribution in [1.29, 1.82) is 0 Å². The Bertz CT molecular complexity index is 359. The monoisotopic (exact) mass is 206 g/mol. The third-order valence-electron chi connectivity index (χ3n) is 2.58. The first kappa shape index (κ1) is 9.98. The van der Waals surface area contributed by atoms with E-state index in [-0.39, 0.29) is 0 Å². The summed E-state index contributed by atoms with van der Waals surface area (Å²) in [6, 6.07) is 7.35. The van der Waals surface area contributed by atoms with Crippen LogP contribution in [-0.2, 0) is 0 Å². The van der Waals surface area contributed by atoms with Gasteiger partial charge in [0.25, 0.3) is 0 Å². The summed E-state index contributed by atoms with van der Waals surface area (Å²) in [5.41, 5.74) is 1.04. The zero-order chi connectivity index (χ0) is 10.7. The smallest absolute Gasteiger partial charge is 0.337 e. The highest BCUT2D eigenvalue weighted by molar-refractivity contribution is 5.94. The van der Waals surface area contributed by atoms with Crippen molar-refractivity contribution in [3.63, 3.8) is 0 Å². The zero-order valence-corrected chi connectivity index (χ0v) is 8.36. The molecule has 0 aliphatic carbocycles. The van der Waals surface area contributed by atoms with E-state index in [4.69, 9.17) is 5.11 Å². The first-order valence-corrected chi connectivity index (χ1v) is 5.07. The van der Waals surface area contributed by atoms with Crippen molar-refractivity contribution in [3.8, 4) is 0 Å². The number of rotatable bonds is 3. The molecular weight excluding hydrogens is 192 g/mol. The lowest BCUT2D eigenvalue weighted by Gasteiger charge is -2.14. The molecule has 1 aromatic carbocycles. The van der Waals surface area contributed by atoms with Crippen LogP contribution in [0.15, 0.2) is 24.3 Å². The topological polar surface area (TPSA) is 61.4 Å². The van der Waals surface area contributed by atoms with Gasteiger partial charge in [-0.05, 0) is 25.1 Å². The Kier molecular flexibility index (Phi) is 2.87. The summed E-state index contributed by atoms with van der Waals surface area (Å²) < 4.78 is 0. The molecule has 0 spiro atoms. The number of carboxylic acids is 1. The van der Waals surface area contributed by atoms with E-state index in [9.17, 15) is 4.79 Å². The van der Waals surface area contributed by atoms with Crippen molar-refractivity contribution in [2.45, 2.75) is 12.5 Å². The van der Waals surface area contributed by atoms with E-state index < -0.39 is 5.97 Å². The highest BCUT2D eigenvalue weighted by atomic mass is 16.4. The molecule has 0 saturated carbocycles. The predicted octanol–water partition coefficient (Wildman–Crippen LogP) is 1.16. The molecule has 4 nitrogen and oxygen atoms in total. The molecule has 4 heteroatoms. The van der Waals surface area contributed by atoms with Crippen LogP contribution in [0, 0.1) is 0 Å². The third-order valence-corrected chi connectivity index (χ3v) is 2.58. The summed E-state index contributed by atoms with van der Waals surface area (Å²) in [6.07, 6.45) is 1.04. The molecule has 2 rings (SSSR count). The fourth-order valence-corrected chi connectivity index (χ4v) is 1.79. The lowest BCUT2D eigenvalue weighted by molar-refractivity contribution is 0.0698. The fraction of sp³-hybridized carbons (Fsp3) is 0.364. The zero-order valence-electron chi connectivity index (χ0n) is 8.36. The molecule has 1 aliphatic heterocycles. The molecule has 1 heterocycles. The number of anilines is 1. The molecule has 1 saturated heterocycles. The van der Waals surface area contributed by atoms with Crippen LogP contribution in [0.4, 0.5) is 5.69 Å². The SMILES string of the molecule is O=C(O)c1ccccc1NC1CCNC1. The molecule has 1 unspecified atom stereocenters. The van der Waals surface area contributed by atoms with Gasteiger partial charge in [0.1, 0.15) is 0 Å².